The lowest BCUT2D eigenvalue weighted by atomic mass is 10.3. The summed E-state index contributed by atoms with van der Waals surface area (Å²) in [6, 6.07) is 0. The molecular weight excluding hydrogens is 214 g/mol. The SMILES string of the molecule is Cn1cc(-n2cc(CCCCl)nn2)cn1. The van der Waals surface area contributed by atoms with Gasteiger partial charge in [-0.1, -0.05) is 5.21 Å². The number of alkyl halides is 1. The average Bonchev–Trinajstić information content (AvgIpc) is 2.83. The molecule has 0 radical (unpaired) electrons. The fourth-order valence-electron chi connectivity index (χ4n) is 1.31. The van der Waals surface area contributed by atoms with Crippen LogP contribution in [0.25, 0.3) is 5.69 Å². The molecule has 0 saturated carbocycles. The Bertz CT molecular complexity index is 433. The van der Waals surface area contributed by atoms with E-state index < -0.39 is 0 Å². The van der Waals surface area contributed by atoms with Gasteiger partial charge in [-0.15, -0.1) is 16.7 Å². The second-order valence-electron chi connectivity index (χ2n) is 3.32. The fraction of sp³-hybridized carbons (Fsp3) is 0.444. The van der Waals surface area contributed by atoms with Crippen LogP contribution in [0.15, 0.2) is 18.6 Å². The summed E-state index contributed by atoms with van der Waals surface area (Å²) >= 11 is 5.61. The summed E-state index contributed by atoms with van der Waals surface area (Å²) < 4.78 is 3.45. The van der Waals surface area contributed by atoms with Crippen LogP contribution in [0, 0.1) is 0 Å². The molecule has 2 aromatic heterocycles. The Balaban J connectivity index is 2.13. The van der Waals surface area contributed by atoms with Crippen molar-refractivity contribution in [2.75, 3.05) is 5.88 Å². The molecule has 0 amide bonds. The predicted octanol–water partition coefficient (Wildman–Crippen LogP) is 1.17. The number of rotatable bonds is 4. The van der Waals surface area contributed by atoms with E-state index in [2.05, 4.69) is 15.4 Å². The van der Waals surface area contributed by atoms with Crippen LogP contribution in [0.5, 0.6) is 0 Å². The van der Waals surface area contributed by atoms with E-state index in [0.717, 1.165) is 24.2 Å². The maximum atomic E-state index is 5.61. The minimum atomic E-state index is 0.653. The Morgan fingerprint density at radius 1 is 1.40 bits per heavy atom. The third kappa shape index (κ3) is 2.36. The number of halogens is 1. The van der Waals surface area contributed by atoms with Crippen molar-refractivity contribution in [1.82, 2.24) is 24.8 Å². The van der Waals surface area contributed by atoms with Gasteiger partial charge in [-0.2, -0.15) is 5.10 Å². The molecule has 0 N–H and O–H groups in total. The van der Waals surface area contributed by atoms with E-state index in [9.17, 15) is 0 Å². The van der Waals surface area contributed by atoms with E-state index in [1.165, 1.54) is 0 Å². The van der Waals surface area contributed by atoms with Crippen LogP contribution in [0.2, 0.25) is 0 Å². The molecule has 6 heteroatoms. The zero-order valence-electron chi connectivity index (χ0n) is 8.47. The highest BCUT2D eigenvalue weighted by atomic mass is 35.5. The van der Waals surface area contributed by atoms with Gasteiger partial charge in [0.2, 0.25) is 0 Å². The van der Waals surface area contributed by atoms with Gasteiger partial charge in [0.25, 0.3) is 0 Å². The Labute approximate surface area is 92.7 Å². The van der Waals surface area contributed by atoms with Gasteiger partial charge in [0.1, 0.15) is 5.69 Å². The quantitative estimate of drug-likeness (QED) is 0.734. The Morgan fingerprint density at radius 2 is 2.27 bits per heavy atom. The van der Waals surface area contributed by atoms with E-state index in [1.54, 1.807) is 15.6 Å². The highest BCUT2D eigenvalue weighted by Gasteiger charge is 2.03. The van der Waals surface area contributed by atoms with Crippen molar-refractivity contribution >= 4 is 11.6 Å². The Hall–Kier alpha value is -1.36. The maximum absolute atomic E-state index is 5.61. The van der Waals surface area contributed by atoms with Crippen LogP contribution < -0.4 is 0 Å². The van der Waals surface area contributed by atoms with E-state index in [4.69, 9.17) is 11.6 Å². The molecule has 0 aliphatic rings. The zero-order valence-corrected chi connectivity index (χ0v) is 9.22. The molecular formula is C9H12ClN5. The van der Waals surface area contributed by atoms with Gasteiger partial charge in [0.15, 0.2) is 0 Å². The minimum absolute atomic E-state index is 0.653. The molecule has 80 valence electrons. The van der Waals surface area contributed by atoms with Gasteiger partial charge in [0, 0.05) is 12.9 Å². The summed E-state index contributed by atoms with van der Waals surface area (Å²) in [5, 5.41) is 12.2. The van der Waals surface area contributed by atoms with Crippen LogP contribution in [0.4, 0.5) is 0 Å². The molecule has 0 spiro atoms. The first kappa shape index (κ1) is 10.2. The van der Waals surface area contributed by atoms with Crippen LogP contribution in [-0.4, -0.2) is 30.7 Å². The Kier molecular flexibility index (Phi) is 3.01. The van der Waals surface area contributed by atoms with Crippen molar-refractivity contribution in [1.29, 1.82) is 0 Å². The van der Waals surface area contributed by atoms with Crippen molar-refractivity contribution in [2.24, 2.45) is 7.05 Å². The van der Waals surface area contributed by atoms with Crippen LogP contribution >= 0.6 is 11.6 Å². The summed E-state index contributed by atoms with van der Waals surface area (Å²) in [6.07, 6.45) is 7.33. The number of hydrogen-bond donors (Lipinski definition) is 0. The zero-order chi connectivity index (χ0) is 10.7. The number of aromatic nitrogens is 5. The molecule has 0 aliphatic carbocycles. The van der Waals surface area contributed by atoms with Gasteiger partial charge in [-0.05, 0) is 12.8 Å². The second-order valence-corrected chi connectivity index (χ2v) is 3.70. The highest BCUT2D eigenvalue weighted by molar-refractivity contribution is 6.17. The lowest BCUT2D eigenvalue weighted by Gasteiger charge is -1.91. The van der Waals surface area contributed by atoms with Crippen LogP contribution in [-0.2, 0) is 13.5 Å². The first-order valence-corrected chi connectivity index (χ1v) is 5.29. The molecule has 0 bridgehead atoms. The molecule has 0 atom stereocenters. The monoisotopic (exact) mass is 225 g/mol. The van der Waals surface area contributed by atoms with Gasteiger partial charge in [-0.25, -0.2) is 4.68 Å². The molecule has 0 fully saturated rings. The normalized spacial score (nSPS) is 10.8. The van der Waals surface area contributed by atoms with Gasteiger partial charge in [-0.3, -0.25) is 4.68 Å². The predicted molar refractivity (Wildman–Crippen MR) is 57.2 cm³/mol. The summed E-state index contributed by atoms with van der Waals surface area (Å²) in [5.41, 5.74) is 1.88. The summed E-state index contributed by atoms with van der Waals surface area (Å²) in [5.74, 6) is 0.653. The van der Waals surface area contributed by atoms with Crippen LogP contribution in [0.1, 0.15) is 12.1 Å². The smallest absolute Gasteiger partial charge is 0.104 e. The molecule has 0 unspecified atom stereocenters. The van der Waals surface area contributed by atoms with E-state index in [0.29, 0.717) is 5.88 Å². The molecule has 5 nitrogen and oxygen atoms in total. The number of aryl methyl sites for hydroxylation is 2. The third-order valence-electron chi connectivity index (χ3n) is 2.06. The largest absolute Gasteiger partial charge is 0.274 e. The van der Waals surface area contributed by atoms with E-state index in [-0.39, 0.29) is 0 Å². The third-order valence-corrected chi connectivity index (χ3v) is 2.33. The van der Waals surface area contributed by atoms with E-state index in [1.807, 2.05) is 19.4 Å². The van der Waals surface area contributed by atoms with Gasteiger partial charge in [0.05, 0.1) is 24.3 Å². The molecule has 2 heterocycles. The lowest BCUT2D eigenvalue weighted by molar-refractivity contribution is 0.762. The van der Waals surface area contributed by atoms with Crippen molar-refractivity contribution < 1.29 is 0 Å². The maximum Gasteiger partial charge on any atom is 0.104 e. The molecule has 2 rings (SSSR count). The first-order chi connectivity index (χ1) is 7.29. The summed E-state index contributed by atoms with van der Waals surface area (Å²) in [6.45, 7) is 0. The molecule has 0 aromatic carbocycles. The van der Waals surface area contributed by atoms with Gasteiger partial charge < -0.3 is 0 Å². The molecule has 0 saturated heterocycles. The summed E-state index contributed by atoms with van der Waals surface area (Å²) in [7, 11) is 1.87. The fourth-order valence-corrected chi connectivity index (χ4v) is 1.45. The molecule has 15 heavy (non-hydrogen) atoms. The molecule has 0 aliphatic heterocycles. The van der Waals surface area contributed by atoms with Crippen molar-refractivity contribution in [2.45, 2.75) is 12.8 Å². The van der Waals surface area contributed by atoms with Crippen molar-refractivity contribution in [3.63, 3.8) is 0 Å². The summed E-state index contributed by atoms with van der Waals surface area (Å²) in [4.78, 5) is 0. The Morgan fingerprint density at radius 3 is 2.93 bits per heavy atom. The highest BCUT2D eigenvalue weighted by Crippen LogP contribution is 2.06. The molecule has 2 aromatic rings. The number of hydrogen-bond acceptors (Lipinski definition) is 3. The first-order valence-electron chi connectivity index (χ1n) is 4.76. The van der Waals surface area contributed by atoms with E-state index >= 15 is 0 Å². The second kappa shape index (κ2) is 4.44. The van der Waals surface area contributed by atoms with Crippen LogP contribution in [0.3, 0.4) is 0 Å². The number of nitrogens with zero attached hydrogens (tertiary/aromatic N) is 5. The minimum Gasteiger partial charge on any atom is -0.274 e. The van der Waals surface area contributed by atoms with Crippen molar-refractivity contribution in [3.05, 3.63) is 24.3 Å². The average molecular weight is 226 g/mol. The lowest BCUT2D eigenvalue weighted by Crippen LogP contribution is -1.92. The van der Waals surface area contributed by atoms with Crippen molar-refractivity contribution in [3.8, 4) is 5.69 Å². The standard InChI is InChI=1S/C9H12ClN5/c1-14-7-9(5-11-14)15-6-8(12-13-15)3-2-4-10/h5-7H,2-4H2,1H3. The topological polar surface area (TPSA) is 48.5 Å². The van der Waals surface area contributed by atoms with Gasteiger partial charge >= 0.3 is 0 Å².